The maximum absolute atomic E-state index is 12.3. The second kappa shape index (κ2) is 11.2. The molecule has 0 aromatic heterocycles. The highest BCUT2D eigenvalue weighted by Gasteiger charge is 2.43. The molecule has 0 bridgehead atoms. The van der Waals surface area contributed by atoms with Crippen molar-refractivity contribution in [2.45, 2.75) is 83.5 Å². The number of ether oxygens (including phenoxy) is 1. The summed E-state index contributed by atoms with van der Waals surface area (Å²) in [6, 6.07) is 0.107. The number of hydrogen-bond acceptors (Lipinski definition) is 6. The molecule has 3 fully saturated rings. The third-order valence-electron chi connectivity index (χ3n) is 7.67. The van der Waals surface area contributed by atoms with E-state index in [1.165, 1.54) is 38.8 Å². The van der Waals surface area contributed by atoms with E-state index in [2.05, 4.69) is 35.5 Å². The van der Waals surface area contributed by atoms with E-state index in [0.717, 1.165) is 44.9 Å². The van der Waals surface area contributed by atoms with Crippen LogP contribution in [0.25, 0.3) is 0 Å². The third kappa shape index (κ3) is 6.81. The number of likely N-dealkylation sites (N-methyl/N-ethyl adjacent to an activating group) is 1. The van der Waals surface area contributed by atoms with Gasteiger partial charge in [-0.3, -0.25) is 14.6 Å². The van der Waals surface area contributed by atoms with Crippen molar-refractivity contribution in [3.8, 4) is 0 Å². The van der Waals surface area contributed by atoms with Crippen LogP contribution in [0.1, 0.15) is 65.7 Å². The number of carboxylic acid groups (broad SMARTS) is 1. The molecule has 0 aromatic rings. The summed E-state index contributed by atoms with van der Waals surface area (Å²) in [7, 11) is 1.86. The molecule has 3 heterocycles. The lowest BCUT2D eigenvalue weighted by molar-refractivity contribution is -0.137. The van der Waals surface area contributed by atoms with E-state index >= 15 is 0 Å². The van der Waals surface area contributed by atoms with Gasteiger partial charge >= 0.3 is 12.1 Å². The minimum Gasteiger partial charge on any atom is -0.481 e. The number of unbranched alkanes of at least 4 members (excludes halogenated alkanes) is 1. The molecule has 3 rings (SSSR count). The van der Waals surface area contributed by atoms with Gasteiger partial charge < -0.3 is 19.6 Å². The standard InChI is InChI=1S/C24H44N4O4/c1-24(2,3)28-13-9-19(10-14-28)7-5-6-8-20-22(32-23(31)25(20)4)27-17-15-26(16-18-27)12-11-21(29)30/h19-20,22H,5-18H2,1-4H3,(H,29,30). The van der Waals surface area contributed by atoms with Crippen LogP contribution in [0, 0.1) is 5.92 Å². The Bertz CT molecular complexity index is 622. The topological polar surface area (TPSA) is 76.6 Å². The van der Waals surface area contributed by atoms with Gasteiger partial charge in [-0.15, -0.1) is 0 Å². The Kier molecular flexibility index (Phi) is 8.81. The Hall–Kier alpha value is -1.38. The first kappa shape index (κ1) is 25.2. The predicted molar refractivity (Wildman–Crippen MR) is 125 cm³/mol. The fourth-order valence-electron chi connectivity index (χ4n) is 5.42. The van der Waals surface area contributed by atoms with E-state index in [4.69, 9.17) is 9.84 Å². The molecule has 1 amide bonds. The summed E-state index contributed by atoms with van der Waals surface area (Å²) in [4.78, 5) is 31.9. The summed E-state index contributed by atoms with van der Waals surface area (Å²) in [5.41, 5.74) is 0.279. The fourth-order valence-corrected chi connectivity index (χ4v) is 5.42. The van der Waals surface area contributed by atoms with E-state index in [9.17, 15) is 9.59 Å². The zero-order valence-corrected chi connectivity index (χ0v) is 20.6. The Morgan fingerprint density at radius 3 is 2.25 bits per heavy atom. The highest BCUT2D eigenvalue weighted by atomic mass is 16.6. The van der Waals surface area contributed by atoms with Crippen LogP contribution in [0.3, 0.4) is 0 Å². The van der Waals surface area contributed by atoms with E-state index in [-0.39, 0.29) is 30.3 Å². The number of piperidine rings is 1. The van der Waals surface area contributed by atoms with Crippen molar-refractivity contribution < 1.29 is 19.4 Å². The monoisotopic (exact) mass is 452 g/mol. The summed E-state index contributed by atoms with van der Waals surface area (Å²) >= 11 is 0. The molecule has 32 heavy (non-hydrogen) atoms. The first-order valence-electron chi connectivity index (χ1n) is 12.5. The van der Waals surface area contributed by atoms with Crippen molar-refractivity contribution >= 4 is 12.1 Å². The van der Waals surface area contributed by atoms with Gasteiger partial charge in [0, 0.05) is 45.3 Å². The van der Waals surface area contributed by atoms with Crippen molar-refractivity contribution in [1.29, 1.82) is 0 Å². The van der Waals surface area contributed by atoms with Crippen LogP contribution < -0.4 is 0 Å². The summed E-state index contributed by atoms with van der Waals surface area (Å²) in [6.45, 7) is 13.2. The normalized spacial score (nSPS) is 27.1. The molecular formula is C24H44N4O4. The van der Waals surface area contributed by atoms with Crippen LogP contribution in [-0.4, -0.2) is 107 Å². The van der Waals surface area contributed by atoms with E-state index < -0.39 is 5.97 Å². The molecule has 1 N–H and O–H groups in total. The second-order valence-electron chi connectivity index (χ2n) is 10.9. The first-order valence-corrected chi connectivity index (χ1v) is 12.5. The Morgan fingerprint density at radius 1 is 1.03 bits per heavy atom. The van der Waals surface area contributed by atoms with E-state index in [1.807, 2.05) is 7.05 Å². The molecule has 0 aromatic carbocycles. The lowest BCUT2D eigenvalue weighted by Gasteiger charge is -2.41. The second-order valence-corrected chi connectivity index (χ2v) is 10.9. The average molecular weight is 453 g/mol. The zero-order valence-electron chi connectivity index (χ0n) is 20.6. The minimum absolute atomic E-state index is 0.107. The molecular weight excluding hydrogens is 408 g/mol. The summed E-state index contributed by atoms with van der Waals surface area (Å²) in [5, 5.41) is 8.89. The van der Waals surface area contributed by atoms with Crippen LogP contribution >= 0.6 is 0 Å². The molecule has 0 spiro atoms. The van der Waals surface area contributed by atoms with Crippen molar-refractivity contribution in [3.63, 3.8) is 0 Å². The molecule has 8 nitrogen and oxygen atoms in total. The summed E-state index contributed by atoms with van der Waals surface area (Å²) in [5.74, 6) is 0.0843. The van der Waals surface area contributed by atoms with Gasteiger partial charge in [-0.1, -0.05) is 19.3 Å². The van der Waals surface area contributed by atoms with Gasteiger partial charge in [-0.25, -0.2) is 4.79 Å². The van der Waals surface area contributed by atoms with Crippen LogP contribution in [0.2, 0.25) is 0 Å². The van der Waals surface area contributed by atoms with Gasteiger partial charge in [0.1, 0.15) is 0 Å². The predicted octanol–water partition coefficient (Wildman–Crippen LogP) is 2.93. The van der Waals surface area contributed by atoms with Crippen molar-refractivity contribution in [2.24, 2.45) is 5.92 Å². The molecule has 3 aliphatic rings. The number of cyclic esters (lactones) is 1. The smallest absolute Gasteiger partial charge is 0.411 e. The quantitative estimate of drug-likeness (QED) is 0.539. The van der Waals surface area contributed by atoms with Crippen molar-refractivity contribution in [2.75, 3.05) is 52.9 Å². The maximum atomic E-state index is 12.3. The number of likely N-dealkylation sites (tertiary alicyclic amines) is 1. The Labute approximate surface area is 193 Å². The van der Waals surface area contributed by atoms with E-state index in [0.29, 0.717) is 6.54 Å². The molecule has 0 radical (unpaired) electrons. The SMILES string of the molecule is CN1C(=O)OC(N2CCN(CCC(=O)O)CC2)C1CCCCC1CCN(C(C)(C)C)CC1. The number of amides is 1. The number of carboxylic acids is 1. The third-order valence-corrected chi connectivity index (χ3v) is 7.67. The molecule has 3 aliphatic heterocycles. The van der Waals surface area contributed by atoms with Crippen LogP contribution in [0.15, 0.2) is 0 Å². The molecule has 0 aliphatic carbocycles. The van der Waals surface area contributed by atoms with Crippen molar-refractivity contribution in [1.82, 2.24) is 19.6 Å². The van der Waals surface area contributed by atoms with Crippen LogP contribution in [0.4, 0.5) is 4.79 Å². The zero-order chi connectivity index (χ0) is 23.3. The number of aliphatic carboxylic acids is 1. The number of carbonyl (C=O) groups excluding carboxylic acids is 1. The lowest BCUT2D eigenvalue weighted by Crippen LogP contribution is -2.54. The summed E-state index contributed by atoms with van der Waals surface area (Å²) < 4.78 is 5.74. The number of hydrogen-bond donors (Lipinski definition) is 1. The van der Waals surface area contributed by atoms with Gasteiger partial charge in [0.2, 0.25) is 0 Å². The fraction of sp³-hybridized carbons (Fsp3) is 0.917. The molecule has 2 unspecified atom stereocenters. The minimum atomic E-state index is -0.751. The Balaban J connectivity index is 1.39. The van der Waals surface area contributed by atoms with Gasteiger partial charge in [0.15, 0.2) is 6.23 Å². The van der Waals surface area contributed by atoms with Crippen molar-refractivity contribution in [3.05, 3.63) is 0 Å². The molecule has 2 atom stereocenters. The van der Waals surface area contributed by atoms with Gasteiger partial charge in [-0.2, -0.15) is 0 Å². The van der Waals surface area contributed by atoms with Gasteiger partial charge in [-0.05, 0) is 59.0 Å². The summed E-state index contributed by atoms with van der Waals surface area (Å²) in [6.07, 6.45) is 7.00. The van der Waals surface area contributed by atoms with Crippen LogP contribution in [-0.2, 0) is 9.53 Å². The van der Waals surface area contributed by atoms with E-state index in [1.54, 1.807) is 4.90 Å². The highest BCUT2D eigenvalue weighted by Crippen LogP contribution is 2.29. The molecule has 184 valence electrons. The molecule has 8 heteroatoms. The Morgan fingerprint density at radius 2 is 1.66 bits per heavy atom. The number of piperazine rings is 1. The largest absolute Gasteiger partial charge is 0.481 e. The molecule has 3 saturated heterocycles. The van der Waals surface area contributed by atoms with Gasteiger partial charge in [0.05, 0.1) is 12.5 Å². The maximum Gasteiger partial charge on any atom is 0.411 e. The lowest BCUT2D eigenvalue weighted by atomic mass is 9.88. The average Bonchev–Trinajstić information content (AvgIpc) is 3.03. The highest BCUT2D eigenvalue weighted by molar-refractivity contribution is 5.70. The number of carbonyl (C=O) groups is 2. The van der Waals surface area contributed by atoms with Gasteiger partial charge in [0.25, 0.3) is 0 Å². The number of nitrogens with zero attached hydrogens (tertiary/aromatic N) is 4. The number of rotatable bonds is 9. The first-order chi connectivity index (χ1) is 15.1. The molecule has 0 saturated carbocycles. The van der Waals surface area contributed by atoms with Crippen LogP contribution in [0.5, 0.6) is 0 Å².